The van der Waals surface area contributed by atoms with Crippen LogP contribution >= 0.6 is 0 Å². The monoisotopic (exact) mass is 1280 g/mol. The number of carbonyl (C=O) groups excluding carboxylic acids is 1. The smallest absolute Gasteiger partial charge is 0.220 e. The maximum absolute atomic E-state index is 13.4. The summed E-state index contributed by atoms with van der Waals surface area (Å²) in [6.07, 6.45) is 39.9. The first kappa shape index (κ1) is 81.2. The number of nitrogens with one attached hydrogen (secondary N) is 1. The van der Waals surface area contributed by atoms with Gasteiger partial charge in [0.15, 0.2) is 18.9 Å². The molecule has 12 N–H and O–H groups in total. The molecule has 1 amide bonds. The molecule has 3 rings (SSSR count). The summed E-state index contributed by atoms with van der Waals surface area (Å²) < 4.78 is 34.3. The molecule has 0 radical (unpaired) electrons. The van der Waals surface area contributed by atoms with Gasteiger partial charge < -0.3 is 89.9 Å². The first-order valence-electron chi connectivity index (χ1n) is 34.8. The van der Waals surface area contributed by atoms with Crippen molar-refractivity contribution in [3.63, 3.8) is 0 Å². The van der Waals surface area contributed by atoms with Gasteiger partial charge >= 0.3 is 0 Å². The number of rotatable bonds is 52. The number of aliphatic hydroxyl groups is 11. The zero-order chi connectivity index (χ0) is 65.4. The van der Waals surface area contributed by atoms with Gasteiger partial charge in [-0.2, -0.15) is 0 Å². The highest BCUT2D eigenvalue weighted by Crippen LogP contribution is 2.33. The van der Waals surface area contributed by atoms with Gasteiger partial charge in [0.1, 0.15) is 73.2 Å². The summed E-state index contributed by atoms with van der Waals surface area (Å²) in [6, 6.07) is -0.995. The van der Waals surface area contributed by atoms with Crippen molar-refractivity contribution in [2.24, 2.45) is 0 Å². The lowest BCUT2D eigenvalue weighted by Crippen LogP contribution is -2.66. The normalized spacial score (nSPS) is 28.6. The second-order valence-corrected chi connectivity index (χ2v) is 24.6. The predicted octanol–water partition coefficient (Wildman–Crippen LogP) is 9.10. The molecule has 3 aliphatic rings. The van der Waals surface area contributed by atoms with Crippen LogP contribution < -0.4 is 5.32 Å². The van der Waals surface area contributed by atoms with E-state index in [2.05, 4.69) is 92.1 Å². The van der Waals surface area contributed by atoms with Crippen LogP contribution in [0.4, 0.5) is 0 Å². The number of carbonyl (C=O) groups is 1. The van der Waals surface area contributed by atoms with Crippen LogP contribution in [0.15, 0.2) is 85.1 Å². The second kappa shape index (κ2) is 52.3. The van der Waals surface area contributed by atoms with Crippen LogP contribution in [0.5, 0.6) is 0 Å². The summed E-state index contributed by atoms with van der Waals surface area (Å²) >= 11 is 0. The summed E-state index contributed by atoms with van der Waals surface area (Å²) in [6.45, 7) is 1.59. The topological polar surface area (TPSA) is 307 Å². The molecule has 90 heavy (non-hydrogen) atoms. The molecule has 0 saturated carbocycles. The van der Waals surface area contributed by atoms with E-state index >= 15 is 0 Å². The number of hydrogen-bond acceptors (Lipinski definition) is 18. The van der Waals surface area contributed by atoms with Gasteiger partial charge in [-0.05, 0) is 77.0 Å². The van der Waals surface area contributed by atoms with E-state index in [-0.39, 0.29) is 18.9 Å². The van der Waals surface area contributed by atoms with E-state index in [1.807, 2.05) is 6.08 Å². The van der Waals surface area contributed by atoms with E-state index in [4.69, 9.17) is 28.4 Å². The molecule has 3 saturated heterocycles. The Morgan fingerprint density at radius 1 is 0.411 bits per heavy atom. The molecule has 0 aromatic heterocycles. The molecule has 3 fully saturated rings. The molecule has 19 nitrogen and oxygen atoms in total. The van der Waals surface area contributed by atoms with E-state index in [0.29, 0.717) is 12.8 Å². The van der Waals surface area contributed by atoms with E-state index in [1.54, 1.807) is 6.08 Å². The van der Waals surface area contributed by atoms with E-state index in [1.165, 1.54) is 109 Å². The minimum atomic E-state index is -1.98. The Morgan fingerprint density at radius 2 is 0.778 bits per heavy atom. The fourth-order valence-electron chi connectivity index (χ4n) is 11.3. The highest BCUT2D eigenvalue weighted by atomic mass is 16.8. The van der Waals surface area contributed by atoms with Gasteiger partial charge in [-0.1, -0.05) is 227 Å². The van der Waals surface area contributed by atoms with Crippen molar-refractivity contribution < 1.29 is 89.4 Å². The van der Waals surface area contributed by atoms with Crippen molar-refractivity contribution in [3.05, 3.63) is 85.1 Å². The van der Waals surface area contributed by atoms with Crippen molar-refractivity contribution in [2.75, 3.05) is 26.4 Å². The lowest BCUT2D eigenvalue weighted by molar-refractivity contribution is -0.379. The molecule has 0 aromatic carbocycles. The fraction of sp³-hybridized carbons (Fsp3) is 0.789. The van der Waals surface area contributed by atoms with Crippen LogP contribution in [0.25, 0.3) is 0 Å². The zero-order valence-corrected chi connectivity index (χ0v) is 54.8. The Bertz CT molecular complexity index is 1960. The molecule has 0 bridgehead atoms. The number of aliphatic hydroxyl groups excluding tert-OH is 11. The third-order valence-electron chi connectivity index (χ3n) is 16.9. The molecule has 17 atom stereocenters. The molecular formula is C71H123NO18. The lowest BCUT2D eigenvalue weighted by Gasteiger charge is -2.48. The Labute approximate surface area is 540 Å². The molecule has 0 spiro atoms. The van der Waals surface area contributed by atoms with Gasteiger partial charge in [-0.3, -0.25) is 4.79 Å². The zero-order valence-electron chi connectivity index (χ0n) is 54.8. The average Bonchev–Trinajstić information content (AvgIpc) is 1.05. The minimum absolute atomic E-state index is 0.230. The van der Waals surface area contributed by atoms with Crippen LogP contribution in [0.3, 0.4) is 0 Å². The van der Waals surface area contributed by atoms with Gasteiger partial charge in [0.2, 0.25) is 5.91 Å². The summed E-state index contributed by atoms with van der Waals surface area (Å²) in [4.78, 5) is 13.4. The molecular weight excluding hydrogens is 1150 g/mol. The van der Waals surface area contributed by atoms with E-state index < -0.39 is 124 Å². The summed E-state index contributed by atoms with van der Waals surface area (Å²) in [7, 11) is 0. The van der Waals surface area contributed by atoms with Crippen molar-refractivity contribution >= 4 is 5.91 Å². The minimum Gasteiger partial charge on any atom is -0.394 e. The number of amides is 1. The summed E-state index contributed by atoms with van der Waals surface area (Å²) in [5, 5.41) is 120. The third kappa shape index (κ3) is 33.9. The molecule has 0 aromatic rings. The van der Waals surface area contributed by atoms with Gasteiger partial charge in [-0.25, -0.2) is 0 Å². The molecule has 3 heterocycles. The van der Waals surface area contributed by atoms with Crippen molar-refractivity contribution in [3.8, 4) is 0 Å². The van der Waals surface area contributed by atoms with E-state index in [0.717, 1.165) is 83.5 Å². The molecule has 17 unspecified atom stereocenters. The Kier molecular flexibility index (Phi) is 47.2. The number of ether oxygens (including phenoxy) is 6. The van der Waals surface area contributed by atoms with Crippen LogP contribution in [0.1, 0.15) is 226 Å². The third-order valence-corrected chi connectivity index (χ3v) is 16.9. The number of allylic oxidation sites excluding steroid dienone is 13. The molecule has 19 heteroatoms. The van der Waals surface area contributed by atoms with Crippen molar-refractivity contribution in [1.29, 1.82) is 0 Å². The number of hydrogen-bond donors (Lipinski definition) is 12. The number of unbranched alkanes of at least 4 members (excludes halogenated alkanes) is 24. The van der Waals surface area contributed by atoms with Gasteiger partial charge in [-0.15, -0.1) is 0 Å². The van der Waals surface area contributed by atoms with Crippen molar-refractivity contribution in [2.45, 2.75) is 330 Å². The lowest BCUT2D eigenvalue weighted by atomic mass is 9.96. The Morgan fingerprint density at radius 3 is 1.24 bits per heavy atom. The van der Waals surface area contributed by atoms with Gasteiger partial charge in [0.05, 0.1) is 38.6 Å². The molecule has 3 aliphatic heterocycles. The van der Waals surface area contributed by atoms with Crippen LogP contribution in [-0.4, -0.2) is 193 Å². The second-order valence-electron chi connectivity index (χ2n) is 24.6. The Balaban J connectivity index is 1.42. The van der Waals surface area contributed by atoms with Gasteiger partial charge in [0.25, 0.3) is 0 Å². The largest absolute Gasteiger partial charge is 0.394 e. The van der Waals surface area contributed by atoms with Crippen LogP contribution in [-0.2, 0) is 33.2 Å². The van der Waals surface area contributed by atoms with Crippen LogP contribution in [0, 0.1) is 0 Å². The first-order chi connectivity index (χ1) is 43.8. The SMILES string of the molecule is CC/C=C\C/C=C\C/C=C\C/C=C\C/C=C\CCCCCCCCCCCCCCCC(=O)NC(COC1OC(CO)C(OC2OC(CO)C(OC3OC(CO)C(O)C(O)C3O)C(O)C2O)C(O)C1O)C(O)/C=C/CC/C=C/CCCCCCCCCCCC. The fourth-order valence-corrected chi connectivity index (χ4v) is 11.3. The van der Waals surface area contributed by atoms with Gasteiger partial charge in [0, 0.05) is 6.42 Å². The standard InChI is InChI=1S/C71H123NO18/c1-3-5-7-9-11-13-15-17-19-21-22-23-24-25-26-27-28-29-30-31-32-33-35-37-39-41-43-45-47-49-59(77)72-54(55(76)48-46-44-42-40-38-36-34-20-18-16-14-12-10-8-6-4-2)53-85-69-65(83)62(80)67(57(51-74)87-69)90-71-66(84)63(81)68(58(52-75)88-71)89-70-64(82)61(79)60(78)56(50-73)86-70/h5,7,11,13,17,19,22-23,25-26,38,40,46,48,54-58,60-71,73-76,78-84H,3-4,6,8-10,12,14-16,18,20-21,24,27-37,39,41-45,47,49-53H2,1-2H3,(H,72,77)/b7-5-,13-11-,19-17-,23-22-,26-25-,40-38+,48-46+. The molecule has 520 valence electrons. The maximum Gasteiger partial charge on any atom is 0.220 e. The highest BCUT2D eigenvalue weighted by Gasteiger charge is 2.53. The predicted molar refractivity (Wildman–Crippen MR) is 351 cm³/mol. The maximum atomic E-state index is 13.4. The first-order valence-corrected chi connectivity index (χ1v) is 34.8. The highest BCUT2D eigenvalue weighted by molar-refractivity contribution is 5.76. The average molecular weight is 1280 g/mol. The van der Waals surface area contributed by atoms with E-state index in [9.17, 15) is 61.0 Å². The van der Waals surface area contributed by atoms with Crippen LogP contribution in [0.2, 0.25) is 0 Å². The molecule has 0 aliphatic carbocycles. The summed E-state index contributed by atoms with van der Waals surface area (Å²) in [5.74, 6) is -0.290. The summed E-state index contributed by atoms with van der Waals surface area (Å²) in [5.41, 5.74) is 0. The Hall–Kier alpha value is -3.03. The quantitative estimate of drug-likeness (QED) is 0.0200. The van der Waals surface area contributed by atoms with Crippen molar-refractivity contribution in [1.82, 2.24) is 5.32 Å².